The number of carbonyl (C=O) groups excluding carboxylic acids is 3. The lowest BCUT2D eigenvalue weighted by molar-refractivity contribution is -0.150. The summed E-state index contributed by atoms with van der Waals surface area (Å²) in [5.41, 5.74) is 2.70. The summed E-state index contributed by atoms with van der Waals surface area (Å²) in [5.74, 6) is -0.643. The first kappa shape index (κ1) is 26.1. The van der Waals surface area contributed by atoms with Gasteiger partial charge in [0.2, 0.25) is 5.91 Å². The van der Waals surface area contributed by atoms with E-state index in [0.717, 1.165) is 16.3 Å². The number of hydrogen-bond donors (Lipinski definition) is 4. The summed E-state index contributed by atoms with van der Waals surface area (Å²) in [6.45, 7) is 0.418. The van der Waals surface area contributed by atoms with Crippen LogP contribution >= 0.6 is 35.3 Å². The van der Waals surface area contributed by atoms with Gasteiger partial charge in [-0.3, -0.25) is 14.4 Å². The molecule has 188 valence electrons. The van der Waals surface area contributed by atoms with E-state index in [9.17, 15) is 19.5 Å². The van der Waals surface area contributed by atoms with Gasteiger partial charge in [-0.25, -0.2) is 4.98 Å². The molecule has 1 fully saturated rings. The second-order valence-corrected chi connectivity index (χ2v) is 8.83. The lowest BCUT2D eigenvalue weighted by Crippen LogP contribution is -2.55. The summed E-state index contributed by atoms with van der Waals surface area (Å²) in [4.78, 5) is 43.4. The van der Waals surface area contributed by atoms with Gasteiger partial charge in [-0.05, 0) is 53.8 Å². The predicted octanol–water partition coefficient (Wildman–Crippen LogP) is 3.03. The van der Waals surface area contributed by atoms with E-state index in [0.29, 0.717) is 35.7 Å². The highest BCUT2D eigenvalue weighted by Crippen LogP contribution is 2.30. The Hall–Kier alpha value is -3.00. The van der Waals surface area contributed by atoms with Crippen LogP contribution in [0.25, 0.3) is 10.8 Å². The number of nitrogens with zero attached hydrogens (tertiary/aromatic N) is 2. The van der Waals surface area contributed by atoms with E-state index in [1.807, 2.05) is 41.1 Å². The minimum Gasteiger partial charge on any atom is -0.380 e. The molecule has 1 saturated heterocycles. The van der Waals surface area contributed by atoms with Crippen molar-refractivity contribution in [3.63, 3.8) is 0 Å². The third-order valence-corrected chi connectivity index (χ3v) is 6.61. The zero-order valence-electron chi connectivity index (χ0n) is 18.9. The molecule has 0 bridgehead atoms. The Kier molecular flexibility index (Phi) is 7.93. The summed E-state index contributed by atoms with van der Waals surface area (Å²) < 4.78 is 8.49. The maximum absolute atomic E-state index is 13.2. The molecule has 2 atom stereocenters. The summed E-state index contributed by atoms with van der Waals surface area (Å²) in [5, 5.41) is 17.9. The Labute approximate surface area is 226 Å². The van der Waals surface area contributed by atoms with Crippen molar-refractivity contribution in [1.82, 2.24) is 4.98 Å². The minimum atomic E-state index is -1.71. The predicted molar refractivity (Wildman–Crippen MR) is 147 cm³/mol. The van der Waals surface area contributed by atoms with E-state index in [1.165, 1.54) is 4.90 Å². The highest BCUT2D eigenvalue weighted by molar-refractivity contribution is 14.1. The van der Waals surface area contributed by atoms with Gasteiger partial charge in [0.25, 0.3) is 11.8 Å². The average Bonchev–Trinajstić information content (AvgIpc) is 2.87. The van der Waals surface area contributed by atoms with Crippen molar-refractivity contribution in [3.8, 4) is 0 Å². The molecular weight excluding hydrogens is 601 g/mol. The van der Waals surface area contributed by atoms with Gasteiger partial charge in [-0.15, -0.1) is 12.4 Å². The van der Waals surface area contributed by atoms with Gasteiger partial charge in [-0.2, -0.15) is 0 Å². The number of halogens is 2. The second-order valence-electron chi connectivity index (χ2n) is 8.29. The molecule has 0 unspecified atom stereocenters. The summed E-state index contributed by atoms with van der Waals surface area (Å²) in [7, 11) is 0. The molecular formula is C24H23ClIN5O5. The monoisotopic (exact) mass is 623 g/mol. The zero-order valence-corrected chi connectivity index (χ0v) is 21.8. The van der Waals surface area contributed by atoms with E-state index in [2.05, 4.69) is 19.1 Å². The van der Waals surface area contributed by atoms with Crippen molar-refractivity contribution in [2.45, 2.75) is 25.0 Å². The third kappa shape index (κ3) is 5.09. The van der Waals surface area contributed by atoms with Crippen LogP contribution in [0.3, 0.4) is 0 Å². The number of aliphatic hydroxyl groups is 1. The number of aromatic nitrogens is 1. The van der Waals surface area contributed by atoms with Gasteiger partial charge in [-0.1, -0.05) is 6.07 Å². The van der Waals surface area contributed by atoms with E-state index in [1.54, 1.807) is 30.5 Å². The molecule has 36 heavy (non-hydrogen) atoms. The number of pyridine rings is 1. The molecule has 0 saturated carbocycles. The third-order valence-electron chi connectivity index (χ3n) is 6.10. The molecule has 2 aromatic carbocycles. The molecule has 3 heterocycles. The van der Waals surface area contributed by atoms with Crippen LogP contribution in [-0.2, 0) is 25.5 Å². The molecule has 5 rings (SSSR count). The van der Waals surface area contributed by atoms with Crippen LogP contribution in [0.15, 0.2) is 48.7 Å². The summed E-state index contributed by atoms with van der Waals surface area (Å²) in [6.07, 6.45) is -0.340. The number of ether oxygens (including phenoxy) is 1. The van der Waals surface area contributed by atoms with Crippen molar-refractivity contribution in [2.24, 2.45) is 0 Å². The standard InChI is InChI=1S/C24H22IN5O5.ClH/c25-29-22-17-5-3-15(11-14(17)7-8-26-22)27-23(33)20(32)21-24(34)30(9-10-35-21)16-4-1-13-2-6-19(31)28-18(13)12-16;/h1,3-5,7-8,11-12,20-21,32H,2,6,9-10H2,(H,26,29)(H,27,33)(H,28,31);1H/t20-,21-;/m1./s1. The largest absolute Gasteiger partial charge is 0.380 e. The van der Waals surface area contributed by atoms with Crippen LogP contribution in [0.2, 0.25) is 0 Å². The molecule has 2 aliphatic rings. The number of morpholine rings is 1. The smallest absolute Gasteiger partial charge is 0.259 e. The molecule has 12 heteroatoms. The Bertz CT molecular complexity index is 1340. The SMILES string of the molecule is Cl.O=C1CCc2ccc(N3CCO[C@H]([C@@H](O)C(=O)Nc4ccc5c(NI)nccc5c4)C3=O)cc2N1. The van der Waals surface area contributed by atoms with Crippen molar-refractivity contribution in [1.29, 1.82) is 0 Å². The lowest BCUT2D eigenvalue weighted by atomic mass is 10.0. The van der Waals surface area contributed by atoms with Crippen molar-refractivity contribution < 1.29 is 24.2 Å². The number of fused-ring (bicyclic) bond motifs is 2. The second kappa shape index (κ2) is 10.9. The van der Waals surface area contributed by atoms with Gasteiger partial charge < -0.3 is 28.9 Å². The number of carbonyl (C=O) groups is 3. The molecule has 3 amide bonds. The first-order valence-electron chi connectivity index (χ1n) is 11.0. The molecule has 2 aliphatic heterocycles. The fraction of sp³-hybridized carbons (Fsp3) is 0.250. The number of hydrogen-bond acceptors (Lipinski definition) is 7. The Balaban J connectivity index is 0.00000304. The number of anilines is 4. The van der Waals surface area contributed by atoms with Crippen molar-refractivity contribution in [3.05, 3.63) is 54.2 Å². The van der Waals surface area contributed by atoms with E-state index in [4.69, 9.17) is 4.74 Å². The van der Waals surface area contributed by atoms with Gasteiger partial charge >= 0.3 is 0 Å². The fourth-order valence-corrected chi connectivity index (χ4v) is 4.73. The number of nitrogens with one attached hydrogen (secondary N) is 3. The number of amides is 3. The maximum Gasteiger partial charge on any atom is 0.259 e. The molecule has 10 nitrogen and oxygen atoms in total. The highest BCUT2D eigenvalue weighted by Gasteiger charge is 2.39. The zero-order chi connectivity index (χ0) is 24.5. The van der Waals surface area contributed by atoms with E-state index >= 15 is 0 Å². The Morgan fingerprint density at radius 1 is 1.19 bits per heavy atom. The number of aryl methyl sites for hydroxylation is 1. The van der Waals surface area contributed by atoms with Crippen LogP contribution in [0, 0.1) is 0 Å². The maximum atomic E-state index is 13.2. The van der Waals surface area contributed by atoms with Crippen molar-refractivity contribution >= 4 is 86.6 Å². The quantitative estimate of drug-likeness (QED) is 0.254. The normalized spacial score (nSPS) is 18.1. The Morgan fingerprint density at radius 3 is 2.83 bits per heavy atom. The molecule has 3 aromatic rings. The highest BCUT2D eigenvalue weighted by atomic mass is 127. The molecule has 0 aliphatic carbocycles. The van der Waals surface area contributed by atoms with Gasteiger partial charge in [0, 0.05) is 41.6 Å². The number of benzene rings is 2. The van der Waals surface area contributed by atoms with E-state index in [-0.39, 0.29) is 31.5 Å². The fourth-order valence-electron chi connectivity index (χ4n) is 4.30. The van der Waals surface area contributed by atoms with Crippen LogP contribution < -0.4 is 19.1 Å². The Morgan fingerprint density at radius 2 is 2.03 bits per heavy atom. The van der Waals surface area contributed by atoms with Crippen molar-refractivity contribution in [2.75, 3.05) is 32.2 Å². The summed E-state index contributed by atoms with van der Waals surface area (Å²) >= 11 is 2.00. The minimum absolute atomic E-state index is 0. The van der Waals surface area contributed by atoms with E-state index < -0.39 is 24.0 Å². The van der Waals surface area contributed by atoms with Crippen LogP contribution in [0.4, 0.5) is 22.9 Å². The first-order valence-corrected chi connectivity index (χ1v) is 12.1. The number of aliphatic hydroxyl groups excluding tert-OH is 1. The molecule has 4 N–H and O–H groups in total. The number of rotatable bonds is 5. The molecule has 0 radical (unpaired) electrons. The topological polar surface area (TPSA) is 133 Å². The summed E-state index contributed by atoms with van der Waals surface area (Å²) in [6, 6.07) is 12.5. The average molecular weight is 624 g/mol. The molecule has 1 aromatic heterocycles. The van der Waals surface area contributed by atoms with Crippen LogP contribution in [0.1, 0.15) is 12.0 Å². The van der Waals surface area contributed by atoms with Crippen LogP contribution in [0.5, 0.6) is 0 Å². The first-order chi connectivity index (χ1) is 16.9. The van der Waals surface area contributed by atoms with Crippen LogP contribution in [-0.4, -0.2) is 53.2 Å². The lowest BCUT2D eigenvalue weighted by Gasteiger charge is -2.34. The van der Waals surface area contributed by atoms with Gasteiger partial charge in [0.05, 0.1) is 29.5 Å². The van der Waals surface area contributed by atoms with Gasteiger partial charge in [0.15, 0.2) is 12.2 Å². The molecule has 0 spiro atoms. The van der Waals surface area contributed by atoms with Gasteiger partial charge in [0.1, 0.15) is 5.82 Å².